The van der Waals surface area contributed by atoms with Gasteiger partial charge in [0.25, 0.3) is 5.91 Å². The van der Waals surface area contributed by atoms with E-state index in [1.807, 2.05) is 31.2 Å². The Hall–Kier alpha value is -3.43. The zero-order valence-electron chi connectivity index (χ0n) is 17.7. The number of hydrogen-bond donors (Lipinski definition) is 2. The number of ketones is 1. The summed E-state index contributed by atoms with van der Waals surface area (Å²) in [4.78, 5) is 30.3. The maximum Gasteiger partial charge on any atom is 0.272 e. The van der Waals surface area contributed by atoms with Crippen LogP contribution in [0.1, 0.15) is 26.0 Å². The maximum absolute atomic E-state index is 13.2. The Balaban J connectivity index is 1.31. The van der Waals surface area contributed by atoms with Crippen LogP contribution in [0.25, 0.3) is 21.3 Å². The first-order chi connectivity index (χ1) is 15.4. The second kappa shape index (κ2) is 9.37. The molecule has 2 N–H and O–H groups in total. The summed E-state index contributed by atoms with van der Waals surface area (Å²) in [6.45, 7) is 2.67. The van der Waals surface area contributed by atoms with Crippen molar-refractivity contribution in [3.05, 3.63) is 70.7 Å². The van der Waals surface area contributed by atoms with Crippen LogP contribution in [0.3, 0.4) is 0 Å². The fraction of sp³-hybridized carbons (Fsp3) is 0.217. The number of amides is 1. The number of nitrogens with one attached hydrogen (secondary N) is 2. The van der Waals surface area contributed by atoms with E-state index in [4.69, 9.17) is 0 Å². The van der Waals surface area contributed by atoms with Gasteiger partial charge in [-0.2, -0.15) is 5.10 Å². The highest BCUT2D eigenvalue weighted by Gasteiger charge is 2.18. The second-order valence-electron chi connectivity index (χ2n) is 7.26. The van der Waals surface area contributed by atoms with Crippen LogP contribution in [0.4, 0.5) is 4.39 Å². The van der Waals surface area contributed by atoms with Crippen molar-refractivity contribution in [3.63, 3.8) is 0 Å². The molecule has 0 aliphatic heterocycles. The summed E-state index contributed by atoms with van der Waals surface area (Å²) in [7, 11) is 1.80. The van der Waals surface area contributed by atoms with Crippen molar-refractivity contribution in [3.8, 4) is 10.4 Å². The molecule has 0 spiro atoms. The molecule has 2 aromatic carbocycles. The van der Waals surface area contributed by atoms with E-state index in [1.165, 1.54) is 23.5 Å². The van der Waals surface area contributed by atoms with Crippen LogP contribution in [-0.4, -0.2) is 46.1 Å². The molecule has 4 aromatic rings. The van der Waals surface area contributed by atoms with Crippen molar-refractivity contribution < 1.29 is 14.0 Å². The van der Waals surface area contributed by atoms with Crippen LogP contribution in [0, 0.1) is 12.7 Å². The molecule has 2 aromatic heterocycles. The molecule has 0 aliphatic carbocycles. The van der Waals surface area contributed by atoms with Gasteiger partial charge in [0.05, 0.1) is 21.9 Å². The van der Waals surface area contributed by atoms with Gasteiger partial charge in [-0.15, -0.1) is 11.3 Å². The molecule has 32 heavy (non-hydrogen) atoms. The molecule has 0 fully saturated rings. The minimum Gasteiger partial charge on any atom is -0.349 e. The van der Waals surface area contributed by atoms with Gasteiger partial charge in [-0.1, -0.05) is 30.3 Å². The van der Waals surface area contributed by atoms with E-state index in [2.05, 4.69) is 20.7 Å². The number of halogens is 1. The smallest absolute Gasteiger partial charge is 0.272 e. The number of carbonyl (C=O) groups is 2. The number of para-hydroxylation sites is 1. The van der Waals surface area contributed by atoms with E-state index >= 15 is 0 Å². The molecule has 1 amide bonds. The third kappa shape index (κ3) is 4.58. The van der Waals surface area contributed by atoms with E-state index in [0.717, 1.165) is 26.4 Å². The lowest BCUT2D eigenvalue weighted by molar-refractivity contribution is 0.0950. The number of nitrogens with zero attached hydrogens (tertiary/aromatic N) is 3. The normalized spacial score (nSPS) is 11.1. The van der Waals surface area contributed by atoms with Gasteiger partial charge in [0, 0.05) is 25.5 Å². The molecular weight excluding hydrogens is 429 g/mol. The van der Waals surface area contributed by atoms with Crippen molar-refractivity contribution in [1.29, 1.82) is 0 Å². The number of thiazole rings is 1. The highest BCUT2D eigenvalue weighted by molar-refractivity contribution is 7.15. The molecule has 0 aliphatic rings. The van der Waals surface area contributed by atoms with Crippen LogP contribution in [0.2, 0.25) is 0 Å². The predicted molar refractivity (Wildman–Crippen MR) is 122 cm³/mol. The first kappa shape index (κ1) is 21.8. The fourth-order valence-corrected chi connectivity index (χ4v) is 4.37. The van der Waals surface area contributed by atoms with Crippen LogP contribution >= 0.6 is 11.3 Å². The first-order valence-electron chi connectivity index (χ1n) is 10.1. The molecule has 0 unspecified atom stereocenters. The zero-order valence-corrected chi connectivity index (χ0v) is 18.5. The third-order valence-electron chi connectivity index (χ3n) is 4.95. The standard InChI is InChI=1S/C23H22FN5O2S/c1-14-27-21(22(32-14)15-7-9-16(24)10-8-15)19(30)13-25-11-12-26-23(31)20-17-5-3-4-6-18(17)29(2)28-20/h3-10,25H,11-13H2,1-2H3,(H,26,31). The van der Waals surface area contributed by atoms with Crippen LogP contribution < -0.4 is 10.6 Å². The molecule has 4 rings (SSSR count). The summed E-state index contributed by atoms with van der Waals surface area (Å²) >= 11 is 1.40. The number of fused-ring (bicyclic) bond motifs is 1. The Morgan fingerprint density at radius 1 is 1.06 bits per heavy atom. The number of aromatic nitrogens is 3. The number of hydrogen-bond acceptors (Lipinski definition) is 6. The lowest BCUT2D eigenvalue weighted by atomic mass is 10.1. The molecule has 0 atom stereocenters. The minimum atomic E-state index is -0.328. The highest BCUT2D eigenvalue weighted by Crippen LogP contribution is 2.30. The fourth-order valence-electron chi connectivity index (χ4n) is 3.43. The van der Waals surface area contributed by atoms with E-state index < -0.39 is 0 Å². The summed E-state index contributed by atoms with van der Waals surface area (Å²) in [5.41, 5.74) is 2.39. The second-order valence-corrected chi connectivity index (χ2v) is 8.47. The van der Waals surface area contributed by atoms with Gasteiger partial charge >= 0.3 is 0 Å². The van der Waals surface area contributed by atoms with Crippen molar-refractivity contribution in [2.45, 2.75) is 6.92 Å². The Morgan fingerprint density at radius 3 is 2.59 bits per heavy atom. The summed E-state index contributed by atoms with van der Waals surface area (Å²) in [5.74, 6) is -0.746. The van der Waals surface area contributed by atoms with Gasteiger partial charge in [0.2, 0.25) is 0 Å². The summed E-state index contributed by atoms with van der Waals surface area (Å²) < 4.78 is 14.9. The van der Waals surface area contributed by atoms with Crippen molar-refractivity contribution >= 4 is 33.9 Å². The monoisotopic (exact) mass is 451 g/mol. The Morgan fingerprint density at radius 2 is 1.81 bits per heavy atom. The lowest BCUT2D eigenvalue weighted by Crippen LogP contribution is -2.34. The molecule has 164 valence electrons. The molecule has 0 saturated heterocycles. The van der Waals surface area contributed by atoms with Crippen LogP contribution in [0.5, 0.6) is 0 Å². The molecule has 9 heteroatoms. The maximum atomic E-state index is 13.2. The quantitative estimate of drug-likeness (QED) is 0.317. The van der Waals surface area contributed by atoms with E-state index in [9.17, 15) is 14.0 Å². The third-order valence-corrected chi connectivity index (χ3v) is 5.97. The van der Waals surface area contributed by atoms with Crippen LogP contribution in [-0.2, 0) is 7.05 Å². The number of rotatable bonds is 8. The summed E-state index contributed by atoms with van der Waals surface area (Å²) in [6.07, 6.45) is 0. The highest BCUT2D eigenvalue weighted by atomic mass is 32.1. The van der Waals surface area contributed by atoms with Gasteiger partial charge in [-0.25, -0.2) is 9.37 Å². The molecule has 0 saturated carbocycles. The Labute approximate surface area is 188 Å². The Bertz CT molecular complexity index is 1280. The Kier molecular flexibility index (Phi) is 6.38. The van der Waals surface area contributed by atoms with Crippen LogP contribution in [0.15, 0.2) is 48.5 Å². The van der Waals surface area contributed by atoms with Crippen molar-refractivity contribution in [1.82, 2.24) is 25.4 Å². The number of carbonyl (C=O) groups excluding carboxylic acids is 2. The topological polar surface area (TPSA) is 88.9 Å². The minimum absolute atomic E-state index is 0.0831. The van der Waals surface area contributed by atoms with Gasteiger partial charge in [-0.05, 0) is 30.7 Å². The zero-order chi connectivity index (χ0) is 22.7. The predicted octanol–water partition coefficient (Wildman–Crippen LogP) is 3.35. The van der Waals surface area contributed by atoms with Gasteiger partial charge in [0.15, 0.2) is 11.5 Å². The molecule has 0 radical (unpaired) electrons. The number of Topliss-reactive ketones (excluding diaryl/α,β-unsaturated/α-hetero) is 1. The van der Waals surface area contributed by atoms with Crippen molar-refractivity contribution in [2.24, 2.45) is 7.05 Å². The van der Waals surface area contributed by atoms with Gasteiger partial charge < -0.3 is 10.6 Å². The van der Waals surface area contributed by atoms with E-state index in [0.29, 0.717) is 24.5 Å². The largest absolute Gasteiger partial charge is 0.349 e. The molecule has 7 nitrogen and oxygen atoms in total. The SMILES string of the molecule is Cc1nc(C(=O)CNCCNC(=O)c2nn(C)c3ccccc23)c(-c2ccc(F)cc2)s1. The molecular formula is C23H22FN5O2S. The van der Waals surface area contributed by atoms with Crippen molar-refractivity contribution in [2.75, 3.05) is 19.6 Å². The summed E-state index contributed by atoms with van der Waals surface area (Å²) in [6, 6.07) is 13.6. The van der Waals surface area contributed by atoms with E-state index in [1.54, 1.807) is 23.9 Å². The first-order valence-corrected chi connectivity index (χ1v) is 10.9. The van der Waals surface area contributed by atoms with Gasteiger partial charge in [0.1, 0.15) is 11.5 Å². The molecule has 2 heterocycles. The number of benzene rings is 2. The lowest BCUT2D eigenvalue weighted by Gasteiger charge is -2.06. The number of aryl methyl sites for hydroxylation is 2. The van der Waals surface area contributed by atoms with Gasteiger partial charge in [-0.3, -0.25) is 14.3 Å². The average Bonchev–Trinajstić information content (AvgIpc) is 3.34. The summed E-state index contributed by atoms with van der Waals surface area (Å²) in [5, 5.41) is 11.7. The van der Waals surface area contributed by atoms with E-state index in [-0.39, 0.29) is 24.1 Å². The molecule has 0 bridgehead atoms. The average molecular weight is 452 g/mol.